The zero-order valence-corrected chi connectivity index (χ0v) is 20.9. The SMILES string of the molecule is C[C@@H]1Cc2cc(O[Si](C)(C)C(C)(C)C)ccc2C2C1C1CC[C@H](O)[C@@]1(C)C[C@@H]2C. The van der Waals surface area contributed by atoms with Gasteiger partial charge in [-0.05, 0) is 102 Å². The van der Waals surface area contributed by atoms with Gasteiger partial charge in [0.2, 0.25) is 8.32 Å². The van der Waals surface area contributed by atoms with Crippen LogP contribution in [0.3, 0.4) is 0 Å². The maximum atomic E-state index is 10.8. The van der Waals surface area contributed by atoms with Crippen molar-refractivity contribution < 1.29 is 9.53 Å². The van der Waals surface area contributed by atoms with E-state index in [1.165, 1.54) is 12.0 Å². The van der Waals surface area contributed by atoms with E-state index in [1.54, 1.807) is 5.56 Å². The molecule has 4 rings (SSSR count). The first-order valence-corrected chi connectivity index (χ1v) is 14.8. The lowest BCUT2D eigenvalue weighted by molar-refractivity contribution is -0.0574. The molecule has 1 N–H and O–H groups in total. The maximum Gasteiger partial charge on any atom is 0.250 e. The van der Waals surface area contributed by atoms with Gasteiger partial charge in [-0.25, -0.2) is 0 Å². The molecule has 2 saturated carbocycles. The molecule has 7 atom stereocenters. The molecule has 29 heavy (non-hydrogen) atoms. The van der Waals surface area contributed by atoms with E-state index in [2.05, 4.69) is 72.8 Å². The Bertz CT molecular complexity index is 779. The van der Waals surface area contributed by atoms with Crippen LogP contribution in [0, 0.1) is 29.1 Å². The molecule has 0 amide bonds. The number of aliphatic hydroxyl groups is 1. The van der Waals surface area contributed by atoms with Gasteiger partial charge in [0, 0.05) is 0 Å². The lowest BCUT2D eigenvalue weighted by atomic mass is 9.50. The molecule has 3 unspecified atom stereocenters. The lowest BCUT2D eigenvalue weighted by Gasteiger charge is -2.55. The standard InChI is InChI=1S/C26H42O2Si/c1-16-13-18-14-19(28-29(7,8)25(3,4)5)9-10-20(18)23-17(2)15-26(6)21(24(16)23)11-12-22(26)27/h9-10,14,16-17,21-24,27H,11-13,15H2,1-8H3/t16-,17+,21?,22+,23?,24?,26+/m1/s1. The van der Waals surface area contributed by atoms with Crippen molar-refractivity contribution in [1.82, 2.24) is 0 Å². The highest BCUT2D eigenvalue weighted by atomic mass is 28.4. The van der Waals surface area contributed by atoms with E-state index in [-0.39, 0.29) is 16.6 Å². The summed E-state index contributed by atoms with van der Waals surface area (Å²) in [4.78, 5) is 0. The van der Waals surface area contributed by atoms with Crippen LogP contribution < -0.4 is 4.43 Å². The lowest BCUT2D eigenvalue weighted by Crippen LogP contribution is -2.49. The van der Waals surface area contributed by atoms with Crippen molar-refractivity contribution in [1.29, 1.82) is 0 Å². The average molecular weight is 415 g/mol. The minimum absolute atomic E-state index is 0.107. The molecule has 0 aromatic heterocycles. The van der Waals surface area contributed by atoms with E-state index in [0.29, 0.717) is 29.6 Å². The third-order valence-corrected chi connectivity index (χ3v) is 13.8. The van der Waals surface area contributed by atoms with Crippen LogP contribution in [0.2, 0.25) is 18.1 Å². The third-order valence-electron chi connectivity index (χ3n) is 9.47. The summed E-state index contributed by atoms with van der Waals surface area (Å²) in [5.41, 5.74) is 3.22. The van der Waals surface area contributed by atoms with Crippen molar-refractivity contribution in [2.75, 3.05) is 0 Å². The van der Waals surface area contributed by atoms with Gasteiger partial charge in [-0.1, -0.05) is 47.6 Å². The second-order valence-corrected chi connectivity index (χ2v) is 17.1. The predicted molar refractivity (Wildman–Crippen MR) is 124 cm³/mol. The first-order chi connectivity index (χ1) is 13.3. The van der Waals surface area contributed by atoms with E-state index >= 15 is 0 Å². The van der Waals surface area contributed by atoms with Gasteiger partial charge in [-0.2, -0.15) is 0 Å². The minimum atomic E-state index is -1.82. The van der Waals surface area contributed by atoms with Crippen LogP contribution in [0.5, 0.6) is 5.75 Å². The van der Waals surface area contributed by atoms with Crippen molar-refractivity contribution in [2.45, 2.75) is 97.4 Å². The molecule has 0 aliphatic heterocycles. The Kier molecular flexibility index (Phi) is 5.06. The zero-order chi connectivity index (χ0) is 21.4. The van der Waals surface area contributed by atoms with Crippen LogP contribution in [0.25, 0.3) is 0 Å². The first-order valence-electron chi connectivity index (χ1n) is 11.8. The quantitative estimate of drug-likeness (QED) is 0.540. The van der Waals surface area contributed by atoms with Crippen LogP contribution in [0.4, 0.5) is 0 Å². The fraction of sp³-hybridized carbons (Fsp3) is 0.769. The molecule has 3 aliphatic rings. The molecule has 162 valence electrons. The first kappa shape index (κ1) is 21.4. The summed E-state index contributed by atoms with van der Waals surface area (Å²) in [6.45, 7) is 18.9. The van der Waals surface area contributed by atoms with E-state index in [4.69, 9.17) is 4.43 Å². The monoisotopic (exact) mass is 414 g/mol. The summed E-state index contributed by atoms with van der Waals surface area (Å²) < 4.78 is 6.64. The normalized spacial score (nSPS) is 39.5. The van der Waals surface area contributed by atoms with Crippen molar-refractivity contribution in [3.05, 3.63) is 29.3 Å². The van der Waals surface area contributed by atoms with Crippen LogP contribution >= 0.6 is 0 Å². The van der Waals surface area contributed by atoms with Gasteiger partial charge in [-0.15, -0.1) is 0 Å². The summed E-state index contributed by atoms with van der Waals surface area (Å²) in [5, 5.41) is 11.0. The molecule has 0 bridgehead atoms. The Balaban J connectivity index is 1.67. The zero-order valence-electron chi connectivity index (χ0n) is 19.9. The van der Waals surface area contributed by atoms with Crippen LogP contribution in [-0.4, -0.2) is 19.5 Å². The highest BCUT2D eigenvalue weighted by Gasteiger charge is 2.58. The average Bonchev–Trinajstić information content (AvgIpc) is 2.87. The van der Waals surface area contributed by atoms with Crippen molar-refractivity contribution in [3.8, 4) is 5.75 Å². The Morgan fingerprint density at radius 3 is 2.45 bits per heavy atom. The molecule has 0 heterocycles. The van der Waals surface area contributed by atoms with Crippen molar-refractivity contribution in [2.24, 2.45) is 29.1 Å². The number of fused-ring (bicyclic) bond motifs is 5. The summed E-state index contributed by atoms with van der Waals surface area (Å²) in [6.07, 6.45) is 4.41. The molecule has 0 radical (unpaired) electrons. The number of aliphatic hydroxyl groups excluding tert-OH is 1. The Hall–Kier alpha value is -0.803. The molecule has 1 aromatic rings. The molecule has 1 aromatic carbocycles. The molecular formula is C26H42O2Si. The molecular weight excluding hydrogens is 372 g/mol. The second kappa shape index (κ2) is 6.85. The highest BCUT2D eigenvalue weighted by Crippen LogP contribution is 2.63. The second-order valence-electron chi connectivity index (χ2n) is 12.4. The number of benzene rings is 1. The Labute approximate surface area is 179 Å². The Morgan fingerprint density at radius 2 is 1.79 bits per heavy atom. The van der Waals surface area contributed by atoms with E-state index in [1.807, 2.05) is 0 Å². The van der Waals surface area contributed by atoms with Crippen molar-refractivity contribution >= 4 is 8.32 Å². The third kappa shape index (κ3) is 3.31. The van der Waals surface area contributed by atoms with E-state index < -0.39 is 8.32 Å². The summed E-state index contributed by atoms with van der Waals surface area (Å²) in [7, 11) is -1.82. The van der Waals surface area contributed by atoms with Crippen LogP contribution in [-0.2, 0) is 6.42 Å². The molecule has 2 fully saturated rings. The Morgan fingerprint density at radius 1 is 1.10 bits per heavy atom. The van der Waals surface area contributed by atoms with Gasteiger partial charge >= 0.3 is 0 Å². The number of hydrogen-bond donors (Lipinski definition) is 1. The smallest absolute Gasteiger partial charge is 0.250 e. The summed E-state index contributed by atoms with van der Waals surface area (Å²) >= 11 is 0. The minimum Gasteiger partial charge on any atom is -0.543 e. The maximum absolute atomic E-state index is 10.8. The van der Waals surface area contributed by atoms with Gasteiger partial charge in [0.1, 0.15) is 5.75 Å². The van der Waals surface area contributed by atoms with Gasteiger partial charge in [-0.3, -0.25) is 0 Å². The fourth-order valence-electron chi connectivity index (χ4n) is 6.96. The predicted octanol–water partition coefficient (Wildman–Crippen LogP) is 6.78. The number of hydrogen-bond acceptors (Lipinski definition) is 2. The van der Waals surface area contributed by atoms with Gasteiger partial charge in [0.05, 0.1) is 6.10 Å². The molecule has 0 spiro atoms. The molecule has 3 heteroatoms. The van der Waals surface area contributed by atoms with E-state index in [0.717, 1.165) is 25.0 Å². The summed E-state index contributed by atoms with van der Waals surface area (Å²) in [5.74, 6) is 4.39. The topological polar surface area (TPSA) is 29.5 Å². The summed E-state index contributed by atoms with van der Waals surface area (Å²) in [6, 6.07) is 7.01. The van der Waals surface area contributed by atoms with Gasteiger partial charge in [0.25, 0.3) is 0 Å². The van der Waals surface area contributed by atoms with Crippen LogP contribution in [0.15, 0.2) is 18.2 Å². The molecule has 3 aliphatic carbocycles. The van der Waals surface area contributed by atoms with Crippen molar-refractivity contribution in [3.63, 3.8) is 0 Å². The largest absolute Gasteiger partial charge is 0.543 e. The number of rotatable bonds is 2. The fourth-order valence-corrected chi connectivity index (χ4v) is 7.98. The highest BCUT2D eigenvalue weighted by molar-refractivity contribution is 6.74. The molecule has 2 nitrogen and oxygen atoms in total. The van der Waals surface area contributed by atoms with Gasteiger partial charge in [0.15, 0.2) is 0 Å². The van der Waals surface area contributed by atoms with Gasteiger partial charge < -0.3 is 9.53 Å². The molecule has 0 saturated heterocycles. The van der Waals surface area contributed by atoms with Crippen LogP contribution in [0.1, 0.15) is 77.8 Å². The van der Waals surface area contributed by atoms with E-state index in [9.17, 15) is 5.11 Å².